The second-order valence-electron chi connectivity index (χ2n) is 11.4. The van der Waals surface area contributed by atoms with E-state index in [4.69, 9.17) is 5.73 Å². The molecule has 1 saturated heterocycles. The Balaban J connectivity index is 1.08. The normalized spacial score (nSPS) is 26.9. The maximum absolute atomic E-state index is 12.8. The number of carbonyl (C=O) groups excluding carboxylic acids is 1. The zero-order chi connectivity index (χ0) is 25.6. The monoisotopic (exact) mass is 491 g/mol. The van der Waals surface area contributed by atoms with Crippen molar-refractivity contribution in [2.24, 2.45) is 5.92 Å². The standard InChI is InChI=1S/C33H37N3O/c1-22-7-14-30(34)31(19-22)35-32(37)26-10-8-24(9-11-26)27-12-13-28(20-27)36-18-17-33(23(2)21-36)16-15-25-5-3-4-6-29(25)33/h3-11,14-16,19,23,27-28H,12-13,17-18,20-21,34H2,1-2H3,(H,35,37)/t23-,27?,28?,33?/m0/s1. The number of anilines is 2. The van der Waals surface area contributed by atoms with Gasteiger partial charge in [0.15, 0.2) is 0 Å². The lowest BCUT2D eigenvalue weighted by Crippen LogP contribution is -2.50. The number of nitrogens with one attached hydrogen (secondary N) is 1. The zero-order valence-corrected chi connectivity index (χ0v) is 21.9. The summed E-state index contributed by atoms with van der Waals surface area (Å²) >= 11 is 0. The summed E-state index contributed by atoms with van der Waals surface area (Å²) in [6.45, 7) is 6.77. The molecular formula is C33H37N3O. The minimum absolute atomic E-state index is 0.119. The summed E-state index contributed by atoms with van der Waals surface area (Å²) in [5.74, 6) is 1.06. The van der Waals surface area contributed by atoms with Gasteiger partial charge in [0.2, 0.25) is 0 Å². The Kier molecular flexibility index (Phi) is 6.16. The van der Waals surface area contributed by atoms with Gasteiger partial charge in [-0.15, -0.1) is 0 Å². The van der Waals surface area contributed by atoms with Crippen molar-refractivity contribution in [3.63, 3.8) is 0 Å². The van der Waals surface area contributed by atoms with Gasteiger partial charge in [0, 0.05) is 23.6 Å². The highest BCUT2D eigenvalue weighted by molar-refractivity contribution is 6.05. The van der Waals surface area contributed by atoms with E-state index in [1.165, 1.54) is 48.9 Å². The highest BCUT2D eigenvalue weighted by Crippen LogP contribution is 2.48. The number of hydrogen-bond donors (Lipinski definition) is 2. The second kappa shape index (κ2) is 9.50. The van der Waals surface area contributed by atoms with Crippen LogP contribution in [0.3, 0.4) is 0 Å². The van der Waals surface area contributed by atoms with Gasteiger partial charge in [0.05, 0.1) is 11.4 Å². The average Bonchev–Trinajstić information content (AvgIpc) is 3.55. The highest BCUT2D eigenvalue weighted by atomic mass is 16.1. The van der Waals surface area contributed by atoms with E-state index in [0.29, 0.717) is 34.8 Å². The number of fused-ring (bicyclic) bond motifs is 2. The van der Waals surface area contributed by atoms with Crippen LogP contribution in [-0.4, -0.2) is 29.9 Å². The van der Waals surface area contributed by atoms with Crippen molar-refractivity contribution in [3.05, 3.63) is 101 Å². The number of aryl methyl sites for hydroxylation is 1. The number of carbonyl (C=O) groups is 1. The molecule has 3 N–H and O–H groups in total. The number of piperidine rings is 1. The highest BCUT2D eigenvalue weighted by Gasteiger charge is 2.45. The Bertz CT molecular complexity index is 1340. The van der Waals surface area contributed by atoms with Crippen LogP contribution < -0.4 is 11.1 Å². The first-order chi connectivity index (χ1) is 17.9. The largest absolute Gasteiger partial charge is 0.397 e. The third-order valence-electron chi connectivity index (χ3n) is 9.25. The van der Waals surface area contributed by atoms with E-state index in [9.17, 15) is 4.79 Å². The average molecular weight is 492 g/mol. The summed E-state index contributed by atoms with van der Waals surface area (Å²) in [7, 11) is 0. The van der Waals surface area contributed by atoms with E-state index in [1.807, 2.05) is 37.3 Å². The van der Waals surface area contributed by atoms with Crippen LogP contribution in [0.4, 0.5) is 11.4 Å². The van der Waals surface area contributed by atoms with Crippen molar-refractivity contribution in [2.45, 2.75) is 56.9 Å². The number of nitrogens with two attached hydrogens (primary N) is 1. The van der Waals surface area contributed by atoms with Crippen molar-refractivity contribution in [1.82, 2.24) is 4.90 Å². The summed E-state index contributed by atoms with van der Waals surface area (Å²) < 4.78 is 0. The first-order valence-electron chi connectivity index (χ1n) is 13.7. The maximum Gasteiger partial charge on any atom is 0.255 e. The number of amides is 1. The van der Waals surface area contributed by atoms with E-state index in [1.54, 1.807) is 0 Å². The van der Waals surface area contributed by atoms with E-state index >= 15 is 0 Å². The van der Waals surface area contributed by atoms with Crippen molar-refractivity contribution in [2.75, 3.05) is 24.1 Å². The summed E-state index contributed by atoms with van der Waals surface area (Å²) in [4.78, 5) is 15.6. The third kappa shape index (κ3) is 4.38. The molecule has 3 aromatic carbocycles. The number of likely N-dealkylation sites (tertiary alicyclic amines) is 1. The Hall–Kier alpha value is -3.37. The van der Waals surface area contributed by atoms with Gasteiger partial charge >= 0.3 is 0 Å². The van der Waals surface area contributed by atoms with Crippen LogP contribution in [0.25, 0.3) is 6.08 Å². The molecule has 1 amide bonds. The minimum Gasteiger partial charge on any atom is -0.397 e. The molecule has 1 aliphatic heterocycles. The van der Waals surface area contributed by atoms with Crippen molar-refractivity contribution < 1.29 is 4.79 Å². The molecule has 4 heteroatoms. The SMILES string of the molecule is Cc1ccc(N)c(NC(=O)c2ccc(C3CCC(N4CCC5(C=Cc6ccccc65)[C@@H](C)C4)C3)cc2)c1. The summed E-state index contributed by atoms with van der Waals surface area (Å²) in [5, 5.41) is 2.96. The lowest BCUT2D eigenvalue weighted by molar-refractivity contribution is 0.0898. The molecule has 190 valence electrons. The molecular weight excluding hydrogens is 454 g/mol. The molecule has 1 spiro atoms. The van der Waals surface area contributed by atoms with Crippen LogP contribution in [-0.2, 0) is 5.41 Å². The van der Waals surface area contributed by atoms with Crippen LogP contribution in [0, 0.1) is 12.8 Å². The molecule has 0 bridgehead atoms. The molecule has 6 rings (SSSR count). The summed E-state index contributed by atoms with van der Waals surface area (Å²) in [6.07, 6.45) is 9.71. The van der Waals surface area contributed by atoms with Crippen molar-refractivity contribution in [3.8, 4) is 0 Å². The Labute approximate surface area is 220 Å². The van der Waals surface area contributed by atoms with Crippen LogP contribution in [0.2, 0.25) is 0 Å². The van der Waals surface area contributed by atoms with E-state index in [-0.39, 0.29) is 11.3 Å². The Morgan fingerprint density at radius 3 is 2.68 bits per heavy atom. The fourth-order valence-electron chi connectivity index (χ4n) is 7.03. The summed E-state index contributed by atoms with van der Waals surface area (Å²) in [5.41, 5.74) is 13.5. The predicted molar refractivity (Wildman–Crippen MR) is 153 cm³/mol. The fourth-order valence-corrected chi connectivity index (χ4v) is 7.03. The van der Waals surface area contributed by atoms with Crippen molar-refractivity contribution in [1.29, 1.82) is 0 Å². The third-order valence-corrected chi connectivity index (χ3v) is 9.25. The number of hydrogen-bond acceptors (Lipinski definition) is 3. The minimum atomic E-state index is -0.119. The van der Waals surface area contributed by atoms with Gasteiger partial charge in [-0.3, -0.25) is 4.79 Å². The zero-order valence-electron chi connectivity index (χ0n) is 21.9. The smallest absolute Gasteiger partial charge is 0.255 e. The summed E-state index contributed by atoms with van der Waals surface area (Å²) in [6, 6.07) is 23.5. The number of nitrogen functional groups attached to an aromatic ring is 1. The van der Waals surface area contributed by atoms with Gasteiger partial charge in [0.25, 0.3) is 5.91 Å². The Morgan fingerprint density at radius 2 is 1.86 bits per heavy atom. The molecule has 37 heavy (non-hydrogen) atoms. The van der Waals surface area contributed by atoms with Gasteiger partial charge in [-0.1, -0.05) is 61.5 Å². The second-order valence-corrected chi connectivity index (χ2v) is 11.4. The van der Waals surface area contributed by atoms with Crippen molar-refractivity contribution >= 4 is 23.4 Å². The molecule has 4 atom stereocenters. The van der Waals surface area contributed by atoms with Crippen LogP contribution in [0.15, 0.2) is 72.8 Å². The molecule has 3 aromatic rings. The Morgan fingerprint density at radius 1 is 1.05 bits per heavy atom. The molecule has 1 saturated carbocycles. The lowest BCUT2D eigenvalue weighted by Gasteiger charge is -2.46. The number of rotatable bonds is 4. The van der Waals surface area contributed by atoms with Crippen LogP contribution in [0.1, 0.15) is 71.1 Å². The van der Waals surface area contributed by atoms with Crippen LogP contribution in [0.5, 0.6) is 0 Å². The molecule has 1 heterocycles. The molecule has 3 aliphatic rings. The molecule has 0 aromatic heterocycles. The first kappa shape index (κ1) is 24.0. The molecule has 2 aliphatic carbocycles. The fraction of sp³-hybridized carbons (Fsp3) is 0.364. The number of nitrogens with zero attached hydrogens (tertiary/aromatic N) is 1. The first-order valence-corrected chi connectivity index (χ1v) is 13.7. The quantitative estimate of drug-likeness (QED) is 0.396. The van der Waals surface area contributed by atoms with Gasteiger partial charge in [-0.05, 0) is 97.5 Å². The molecule has 4 nitrogen and oxygen atoms in total. The maximum atomic E-state index is 12.8. The molecule has 0 radical (unpaired) electrons. The van der Waals surface area contributed by atoms with E-state index in [2.05, 4.69) is 65.7 Å². The topological polar surface area (TPSA) is 58.4 Å². The molecule has 2 fully saturated rings. The molecule has 3 unspecified atom stereocenters. The number of allylic oxidation sites excluding steroid dienone is 1. The predicted octanol–water partition coefficient (Wildman–Crippen LogP) is 6.77. The van der Waals surface area contributed by atoms with E-state index in [0.717, 1.165) is 12.1 Å². The van der Waals surface area contributed by atoms with Crippen LogP contribution >= 0.6 is 0 Å². The van der Waals surface area contributed by atoms with Gasteiger partial charge in [-0.25, -0.2) is 0 Å². The van der Waals surface area contributed by atoms with Gasteiger partial charge in [-0.2, -0.15) is 0 Å². The number of benzene rings is 3. The van der Waals surface area contributed by atoms with Gasteiger partial charge < -0.3 is 16.0 Å². The van der Waals surface area contributed by atoms with Gasteiger partial charge in [0.1, 0.15) is 0 Å². The lowest BCUT2D eigenvalue weighted by atomic mass is 9.68. The van der Waals surface area contributed by atoms with E-state index < -0.39 is 0 Å².